The van der Waals surface area contributed by atoms with E-state index in [0.29, 0.717) is 13.1 Å². The van der Waals surface area contributed by atoms with Crippen LogP contribution in [0, 0.1) is 6.92 Å². The summed E-state index contributed by atoms with van der Waals surface area (Å²) in [6, 6.07) is 3.91. The zero-order valence-corrected chi connectivity index (χ0v) is 15.8. The number of allylic oxidation sites excluding steroid dienone is 1. The molecule has 1 aliphatic carbocycles. The van der Waals surface area contributed by atoms with Crippen LogP contribution in [0.4, 0.5) is 4.79 Å². The Labute approximate surface area is 155 Å². The molecule has 2 amide bonds. The van der Waals surface area contributed by atoms with Crippen molar-refractivity contribution in [2.75, 3.05) is 39.4 Å². The molecule has 1 fully saturated rings. The molecule has 1 aromatic rings. The first kappa shape index (κ1) is 19.0. The Morgan fingerprint density at radius 3 is 2.77 bits per heavy atom. The number of aryl methyl sites for hydroxylation is 1. The van der Waals surface area contributed by atoms with Crippen molar-refractivity contribution in [3.8, 4) is 0 Å². The van der Waals surface area contributed by atoms with Gasteiger partial charge in [0.2, 0.25) is 0 Å². The first-order chi connectivity index (χ1) is 12.7. The smallest absolute Gasteiger partial charge is 0.314 e. The van der Waals surface area contributed by atoms with Gasteiger partial charge in [-0.05, 0) is 51.2 Å². The molecule has 2 aliphatic rings. The van der Waals surface area contributed by atoms with Gasteiger partial charge < -0.3 is 19.8 Å². The van der Waals surface area contributed by atoms with Crippen molar-refractivity contribution in [2.24, 2.45) is 0 Å². The minimum atomic E-state index is -0.108. The van der Waals surface area contributed by atoms with Crippen LogP contribution in [0.5, 0.6) is 0 Å². The fraction of sp³-hybridized carbons (Fsp3) is 0.650. The first-order valence-electron chi connectivity index (χ1n) is 9.80. The average Bonchev–Trinajstić information content (AvgIpc) is 3.10. The predicted molar refractivity (Wildman–Crippen MR) is 101 cm³/mol. The van der Waals surface area contributed by atoms with Gasteiger partial charge in [-0.25, -0.2) is 4.79 Å². The summed E-state index contributed by atoms with van der Waals surface area (Å²) < 4.78 is 11.3. The maximum absolute atomic E-state index is 12.2. The SMILES string of the molecule is Cc1ccc(C(CNC(=O)NCCC2=CCCCC2)N2CCOCC2)o1. The number of urea groups is 1. The molecule has 6 heteroatoms. The third-order valence-electron chi connectivity index (χ3n) is 5.15. The van der Waals surface area contributed by atoms with Gasteiger partial charge in [-0.15, -0.1) is 0 Å². The molecule has 2 heterocycles. The number of ether oxygens (including phenoxy) is 1. The minimum absolute atomic E-state index is 0.0411. The number of rotatable bonds is 7. The molecule has 6 nitrogen and oxygen atoms in total. The monoisotopic (exact) mass is 361 g/mol. The number of nitrogens with zero attached hydrogens (tertiary/aromatic N) is 1. The van der Waals surface area contributed by atoms with E-state index < -0.39 is 0 Å². The molecule has 2 N–H and O–H groups in total. The van der Waals surface area contributed by atoms with Crippen LogP contribution < -0.4 is 10.6 Å². The predicted octanol–water partition coefficient (Wildman–Crippen LogP) is 3.15. The Morgan fingerprint density at radius 1 is 1.23 bits per heavy atom. The number of amides is 2. The lowest BCUT2D eigenvalue weighted by Crippen LogP contribution is -2.45. The molecule has 0 spiro atoms. The van der Waals surface area contributed by atoms with E-state index in [2.05, 4.69) is 21.6 Å². The maximum Gasteiger partial charge on any atom is 0.314 e. The Bertz CT molecular complexity index is 605. The number of hydrogen-bond acceptors (Lipinski definition) is 4. The van der Waals surface area contributed by atoms with Gasteiger partial charge in [-0.1, -0.05) is 11.6 Å². The van der Waals surface area contributed by atoms with Crippen LogP contribution in [-0.4, -0.2) is 50.3 Å². The normalized spacial score (nSPS) is 19.7. The van der Waals surface area contributed by atoms with Crippen LogP contribution in [0.25, 0.3) is 0 Å². The van der Waals surface area contributed by atoms with E-state index in [1.54, 1.807) is 0 Å². The lowest BCUT2D eigenvalue weighted by molar-refractivity contribution is 0.0121. The zero-order valence-electron chi connectivity index (χ0n) is 15.8. The van der Waals surface area contributed by atoms with Crippen molar-refractivity contribution in [2.45, 2.75) is 45.1 Å². The molecule has 1 unspecified atom stereocenters. The third kappa shape index (κ3) is 5.61. The zero-order chi connectivity index (χ0) is 18.2. The fourth-order valence-corrected chi connectivity index (χ4v) is 3.65. The van der Waals surface area contributed by atoms with E-state index >= 15 is 0 Å². The van der Waals surface area contributed by atoms with Crippen molar-refractivity contribution >= 4 is 6.03 Å². The van der Waals surface area contributed by atoms with E-state index in [-0.39, 0.29) is 12.1 Å². The molecule has 1 aromatic heterocycles. The molecule has 0 bridgehead atoms. The first-order valence-corrected chi connectivity index (χ1v) is 9.80. The second kappa shape index (κ2) is 9.78. The summed E-state index contributed by atoms with van der Waals surface area (Å²) in [4.78, 5) is 14.5. The summed E-state index contributed by atoms with van der Waals surface area (Å²) in [5, 5.41) is 5.99. The van der Waals surface area contributed by atoms with E-state index in [9.17, 15) is 4.79 Å². The van der Waals surface area contributed by atoms with Gasteiger partial charge >= 0.3 is 6.03 Å². The second-order valence-electron chi connectivity index (χ2n) is 7.11. The van der Waals surface area contributed by atoms with E-state index in [0.717, 1.165) is 44.2 Å². The van der Waals surface area contributed by atoms with E-state index in [1.807, 2.05) is 19.1 Å². The summed E-state index contributed by atoms with van der Waals surface area (Å²) in [7, 11) is 0. The van der Waals surface area contributed by atoms with Crippen LogP contribution in [0.1, 0.15) is 49.7 Å². The summed E-state index contributed by atoms with van der Waals surface area (Å²) in [5.41, 5.74) is 1.48. The lowest BCUT2D eigenvalue weighted by Gasteiger charge is -2.33. The third-order valence-corrected chi connectivity index (χ3v) is 5.15. The number of carbonyl (C=O) groups is 1. The molecular weight excluding hydrogens is 330 g/mol. The largest absolute Gasteiger partial charge is 0.465 e. The lowest BCUT2D eigenvalue weighted by atomic mass is 9.97. The van der Waals surface area contributed by atoms with Crippen molar-refractivity contribution in [3.63, 3.8) is 0 Å². The topological polar surface area (TPSA) is 66.7 Å². The van der Waals surface area contributed by atoms with Crippen molar-refractivity contribution in [1.82, 2.24) is 15.5 Å². The molecule has 0 radical (unpaired) electrons. The van der Waals surface area contributed by atoms with Gasteiger partial charge in [0.05, 0.1) is 19.3 Å². The van der Waals surface area contributed by atoms with Crippen molar-refractivity contribution < 1.29 is 13.9 Å². The quantitative estimate of drug-likeness (QED) is 0.732. The van der Waals surface area contributed by atoms with Crippen LogP contribution in [0.2, 0.25) is 0 Å². The van der Waals surface area contributed by atoms with Crippen molar-refractivity contribution in [3.05, 3.63) is 35.3 Å². The van der Waals surface area contributed by atoms with Crippen molar-refractivity contribution in [1.29, 1.82) is 0 Å². The standard InChI is InChI=1S/C20H31N3O3/c1-16-7-8-19(26-16)18(23-11-13-25-14-12-23)15-22-20(24)21-10-9-17-5-3-2-4-6-17/h5,7-8,18H,2-4,6,9-15H2,1H3,(H2,21,22,24). The number of hydrogen-bond donors (Lipinski definition) is 2. The molecule has 1 atom stereocenters. The molecule has 3 rings (SSSR count). The minimum Gasteiger partial charge on any atom is -0.465 e. The van der Waals surface area contributed by atoms with Crippen LogP contribution in [0.3, 0.4) is 0 Å². The van der Waals surface area contributed by atoms with Gasteiger partial charge in [0.25, 0.3) is 0 Å². The number of carbonyl (C=O) groups excluding carboxylic acids is 1. The highest BCUT2D eigenvalue weighted by atomic mass is 16.5. The highest BCUT2D eigenvalue weighted by Crippen LogP contribution is 2.23. The van der Waals surface area contributed by atoms with Gasteiger partial charge in [0.15, 0.2) is 0 Å². The van der Waals surface area contributed by atoms with E-state index in [4.69, 9.17) is 9.15 Å². The molecular formula is C20H31N3O3. The Hall–Kier alpha value is -1.79. The van der Waals surface area contributed by atoms with Gasteiger partial charge in [-0.3, -0.25) is 4.90 Å². The Balaban J connectivity index is 1.47. The Kier molecular flexibility index (Phi) is 7.14. The van der Waals surface area contributed by atoms with Gasteiger partial charge in [-0.2, -0.15) is 0 Å². The number of nitrogens with one attached hydrogen (secondary N) is 2. The fourth-order valence-electron chi connectivity index (χ4n) is 3.65. The number of morpholine rings is 1. The molecule has 1 aliphatic heterocycles. The van der Waals surface area contributed by atoms with Gasteiger partial charge in [0.1, 0.15) is 11.5 Å². The highest BCUT2D eigenvalue weighted by Gasteiger charge is 2.25. The summed E-state index contributed by atoms with van der Waals surface area (Å²) >= 11 is 0. The van der Waals surface area contributed by atoms with Gasteiger partial charge in [0, 0.05) is 26.2 Å². The highest BCUT2D eigenvalue weighted by molar-refractivity contribution is 5.73. The van der Waals surface area contributed by atoms with Crippen LogP contribution >= 0.6 is 0 Å². The average molecular weight is 361 g/mol. The summed E-state index contributed by atoms with van der Waals surface area (Å²) in [6.07, 6.45) is 8.23. The van der Waals surface area contributed by atoms with E-state index in [1.165, 1.54) is 31.3 Å². The Morgan fingerprint density at radius 2 is 2.08 bits per heavy atom. The molecule has 144 valence electrons. The molecule has 0 saturated carbocycles. The summed E-state index contributed by atoms with van der Waals surface area (Å²) in [5.74, 6) is 1.79. The molecule has 1 saturated heterocycles. The maximum atomic E-state index is 12.2. The molecule has 0 aromatic carbocycles. The number of furan rings is 1. The molecule has 26 heavy (non-hydrogen) atoms. The second-order valence-corrected chi connectivity index (χ2v) is 7.11. The van der Waals surface area contributed by atoms with Crippen LogP contribution in [0.15, 0.2) is 28.2 Å². The summed E-state index contributed by atoms with van der Waals surface area (Å²) in [6.45, 7) is 6.31. The van der Waals surface area contributed by atoms with Crippen LogP contribution in [-0.2, 0) is 4.74 Å².